The van der Waals surface area contributed by atoms with Crippen LogP contribution in [0, 0.1) is 6.92 Å². The maximum Gasteiger partial charge on any atom is 0.253 e. The van der Waals surface area contributed by atoms with Gasteiger partial charge >= 0.3 is 0 Å². The summed E-state index contributed by atoms with van der Waals surface area (Å²) in [4.78, 5) is 20.9. The number of benzene rings is 1. The highest BCUT2D eigenvalue weighted by atomic mass is 32.2. The van der Waals surface area contributed by atoms with E-state index in [0.717, 1.165) is 11.4 Å². The van der Waals surface area contributed by atoms with Crippen molar-refractivity contribution >= 4 is 21.6 Å². The number of sulfone groups is 1. The van der Waals surface area contributed by atoms with Crippen LogP contribution in [-0.2, 0) is 9.84 Å². The maximum absolute atomic E-state index is 12.5. The number of piperazine rings is 1. The zero-order chi connectivity index (χ0) is 18.0. The molecule has 0 saturated carbocycles. The van der Waals surface area contributed by atoms with Crippen molar-refractivity contribution in [1.29, 1.82) is 0 Å². The first-order chi connectivity index (χ1) is 11.8. The number of pyridine rings is 1. The molecule has 1 aliphatic rings. The number of nitrogens with zero attached hydrogens (tertiary/aromatic N) is 3. The number of amides is 1. The molecule has 1 aliphatic heterocycles. The largest absolute Gasteiger partial charge is 0.353 e. The first-order valence-corrected chi connectivity index (χ1v) is 10.0. The van der Waals surface area contributed by atoms with Crippen LogP contribution in [0.5, 0.6) is 0 Å². The van der Waals surface area contributed by atoms with Crippen molar-refractivity contribution in [3.05, 3.63) is 53.7 Å². The zero-order valence-electron chi connectivity index (χ0n) is 14.3. The van der Waals surface area contributed by atoms with Gasteiger partial charge in [-0.2, -0.15) is 0 Å². The number of rotatable bonds is 3. The summed E-state index contributed by atoms with van der Waals surface area (Å²) in [5.74, 6) is 0.773. The standard InChI is InChI=1S/C18H21N3O3S/c1-14-3-5-15(6-4-14)18(22)21-11-9-20(10-12-21)17-8-7-16(13-19-17)25(2,23)24/h3-8,13H,9-12H2,1-2H3. The molecule has 1 aromatic carbocycles. The van der Waals surface area contributed by atoms with Gasteiger partial charge in [-0.15, -0.1) is 0 Å². The highest BCUT2D eigenvalue weighted by Gasteiger charge is 2.23. The number of aryl methyl sites for hydroxylation is 1. The molecule has 132 valence electrons. The Morgan fingerprint density at radius 3 is 2.16 bits per heavy atom. The molecule has 0 unspecified atom stereocenters. The van der Waals surface area contributed by atoms with Crippen molar-refractivity contribution in [3.8, 4) is 0 Å². The summed E-state index contributed by atoms with van der Waals surface area (Å²) in [6, 6.07) is 10.9. The third kappa shape index (κ3) is 3.99. The Hall–Kier alpha value is -2.41. The number of carbonyl (C=O) groups excluding carboxylic acids is 1. The van der Waals surface area contributed by atoms with Gasteiger partial charge in [-0.3, -0.25) is 4.79 Å². The molecular weight excluding hydrogens is 338 g/mol. The maximum atomic E-state index is 12.5. The smallest absolute Gasteiger partial charge is 0.253 e. The van der Waals surface area contributed by atoms with Crippen molar-refractivity contribution in [3.63, 3.8) is 0 Å². The van der Waals surface area contributed by atoms with Gasteiger partial charge in [0.1, 0.15) is 5.82 Å². The van der Waals surface area contributed by atoms with E-state index in [1.165, 1.54) is 12.5 Å². The molecule has 0 atom stereocenters. The van der Waals surface area contributed by atoms with Gasteiger partial charge in [0.2, 0.25) is 0 Å². The van der Waals surface area contributed by atoms with Gasteiger partial charge < -0.3 is 9.80 Å². The van der Waals surface area contributed by atoms with Crippen molar-refractivity contribution in [1.82, 2.24) is 9.88 Å². The lowest BCUT2D eigenvalue weighted by molar-refractivity contribution is 0.0746. The molecule has 0 aliphatic carbocycles. The fourth-order valence-electron chi connectivity index (χ4n) is 2.80. The predicted molar refractivity (Wildman–Crippen MR) is 96.6 cm³/mol. The van der Waals surface area contributed by atoms with Crippen molar-refractivity contribution < 1.29 is 13.2 Å². The second kappa shape index (κ2) is 6.84. The van der Waals surface area contributed by atoms with Crippen LogP contribution < -0.4 is 4.90 Å². The normalized spacial score (nSPS) is 15.3. The first kappa shape index (κ1) is 17.4. The SMILES string of the molecule is Cc1ccc(C(=O)N2CCN(c3ccc(S(C)(=O)=O)cn3)CC2)cc1. The Bertz CT molecular complexity index is 853. The Morgan fingerprint density at radius 2 is 1.64 bits per heavy atom. The van der Waals surface area contributed by atoms with Crippen LogP contribution in [-0.4, -0.2) is 56.6 Å². The molecule has 1 saturated heterocycles. The fraction of sp³-hybridized carbons (Fsp3) is 0.333. The lowest BCUT2D eigenvalue weighted by atomic mass is 10.1. The third-order valence-corrected chi connectivity index (χ3v) is 5.44. The Kier molecular flexibility index (Phi) is 4.76. The topological polar surface area (TPSA) is 70.6 Å². The zero-order valence-corrected chi connectivity index (χ0v) is 15.2. The second-order valence-corrected chi connectivity index (χ2v) is 8.29. The first-order valence-electron chi connectivity index (χ1n) is 8.11. The number of hydrogen-bond acceptors (Lipinski definition) is 5. The molecule has 0 spiro atoms. The van der Waals surface area contributed by atoms with Crippen LogP contribution in [0.3, 0.4) is 0 Å². The van der Waals surface area contributed by atoms with Crippen LogP contribution in [0.15, 0.2) is 47.5 Å². The van der Waals surface area contributed by atoms with Crippen molar-refractivity contribution in [2.75, 3.05) is 37.3 Å². The van der Waals surface area contributed by atoms with Crippen LogP contribution in [0.25, 0.3) is 0 Å². The summed E-state index contributed by atoms with van der Waals surface area (Å²) in [6.45, 7) is 4.56. The summed E-state index contributed by atoms with van der Waals surface area (Å²) < 4.78 is 23.0. The average molecular weight is 359 g/mol. The van der Waals surface area contributed by atoms with Crippen LogP contribution in [0.4, 0.5) is 5.82 Å². The van der Waals surface area contributed by atoms with Crippen molar-refractivity contribution in [2.45, 2.75) is 11.8 Å². The molecule has 1 aromatic heterocycles. The number of hydrogen-bond donors (Lipinski definition) is 0. The van der Waals surface area contributed by atoms with Crippen LogP contribution >= 0.6 is 0 Å². The average Bonchev–Trinajstić information content (AvgIpc) is 2.61. The molecule has 7 heteroatoms. The minimum Gasteiger partial charge on any atom is -0.353 e. The quantitative estimate of drug-likeness (QED) is 0.835. The van der Waals surface area contributed by atoms with Crippen LogP contribution in [0.1, 0.15) is 15.9 Å². The van der Waals surface area contributed by atoms with E-state index in [-0.39, 0.29) is 10.8 Å². The van der Waals surface area contributed by atoms with Gasteiger partial charge in [-0.25, -0.2) is 13.4 Å². The highest BCUT2D eigenvalue weighted by Crippen LogP contribution is 2.17. The summed E-state index contributed by atoms with van der Waals surface area (Å²) in [5, 5.41) is 0. The van der Waals surface area contributed by atoms with E-state index in [9.17, 15) is 13.2 Å². The lowest BCUT2D eigenvalue weighted by Gasteiger charge is -2.35. The Labute approximate surface area is 148 Å². The van der Waals surface area contributed by atoms with E-state index in [2.05, 4.69) is 9.88 Å². The molecule has 0 radical (unpaired) electrons. The summed E-state index contributed by atoms with van der Waals surface area (Å²) in [7, 11) is -3.24. The van der Waals surface area contributed by atoms with E-state index >= 15 is 0 Å². The van der Waals surface area contributed by atoms with Gasteiger partial charge in [0, 0.05) is 44.2 Å². The van der Waals surface area contributed by atoms with Crippen molar-refractivity contribution in [2.24, 2.45) is 0 Å². The number of aromatic nitrogens is 1. The summed E-state index contributed by atoms with van der Waals surface area (Å²) in [6.07, 6.45) is 2.55. The Balaban J connectivity index is 1.63. The summed E-state index contributed by atoms with van der Waals surface area (Å²) >= 11 is 0. The van der Waals surface area contributed by atoms with Gasteiger partial charge in [0.15, 0.2) is 9.84 Å². The van der Waals surface area contributed by atoms with Gasteiger partial charge in [0.05, 0.1) is 4.90 Å². The predicted octanol–water partition coefficient (Wildman–Crippen LogP) is 1.76. The molecule has 2 heterocycles. The monoisotopic (exact) mass is 359 g/mol. The highest BCUT2D eigenvalue weighted by molar-refractivity contribution is 7.90. The Morgan fingerprint density at radius 1 is 1.00 bits per heavy atom. The fourth-order valence-corrected chi connectivity index (χ4v) is 3.36. The van der Waals surface area contributed by atoms with Gasteiger partial charge in [0.25, 0.3) is 5.91 Å². The van der Waals surface area contributed by atoms with E-state index in [1.54, 1.807) is 12.1 Å². The third-order valence-electron chi connectivity index (χ3n) is 4.34. The minimum atomic E-state index is -3.24. The van der Waals surface area contributed by atoms with E-state index in [0.29, 0.717) is 31.7 Å². The van der Waals surface area contributed by atoms with E-state index in [1.807, 2.05) is 36.1 Å². The molecule has 25 heavy (non-hydrogen) atoms. The molecule has 2 aromatic rings. The van der Waals surface area contributed by atoms with Crippen LogP contribution in [0.2, 0.25) is 0 Å². The number of anilines is 1. The van der Waals surface area contributed by atoms with E-state index < -0.39 is 9.84 Å². The number of carbonyl (C=O) groups is 1. The van der Waals surface area contributed by atoms with E-state index in [4.69, 9.17) is 0 Å². The van der Waals surface area contributed by atoms with Gasteiger partial charge in [-0.05, 0) is 31.2 Å². The minimum absolute atomic E-state index is 0.0417. The molecule has 0 bridgehead atoms. The molecule has 0 N–H and O–H groups in total. The van der Waals surface area contributed by atoms with Gasteiger partial charge in [-0.1, -0.05) is 17.7 Å². The molecule has 6 nitrogen and oxygen atoms in total. The molecular formula is C18H21N3O3S. The molecule has 1 amide bonds. The summed E-state index contributed by atoms with van der Waals surface area (Å²) in [5.41, 5.74) is 1.83. The lowest BCUT2D eigenvalue weighted by Crippen LogP contribution is -2.49. The second-order valence-electron chi connectivity index (χ2n) is 6.27. The molecule has 1 fully saturated rings. The molecule has 3 rings (SSSR count).